The largest absolute Gasteiger partial charge is 0.315 e. The molecule has 2 aromatic carbocycles. The van der Waals surface area contributed by atoms with Crippen molar-refractivity contribution in [3.8, 4) is 5.69 Å². The number of nitrogens with zero attached hydrogens (tertiary/aromatic N) is 2. The second-order valence-electron chi connectivity index (χ2n) is 5.05. The molecule has 0 atom stereocenters. The Bertz CT molecular complexity index is 1010. The van der Waals surface area contributed by atoms with Crippen LogP contribution in [-0.4, -0.2) is 14.8 Å². The number of fused-ring (bicyclic) bond motifs is 2. The zero-order valence-electron chi connectivity index (χ0n) is 11.5. The van der Waals surface area contributed by atoms with Gasteiger partial charge in [0.15, 0.2) is 0 Å². The highest BCUT2D eigenvalue weighted by atomic mass is 35.5. The molecule has 4 heteroatoms. The lowest BCUT2D eigenvalue weighted by Crippen LogP contribution is -1.94. The van der Waals surface area contributed by atoms with E-state index in [-0.39, 0.29) is 0 Å². The van der Waals surface area contributed by atoms with Crippen molar-refractivity contribution in [2.24, 2.45) is 0 Å². The van der Waals surface area contributed by atoms with Crippen LogP contribution in [0.5, 0.6) is 0 Å². The summed E-state index contributed by atoms with van der Waals surface area (Å²) in [6.07, 6.45) is 3.57. The van der Waals surface area contributed by atoms with Crippen LogP contribution in [0.15, 0.2) is 67.0 Å². The lowest BCUT2D eigenvalue weighted by atomic mass is 10.2. The van der Waals surface area contributed by atoms with Gasteiger partial charge in [0.05, 0.1) is 22.3 Å². The normalized spacial score (nSPS) is 11.1. The van der Waals surface area contributed by atoms with Gasteiger partial charge in [0.1, 0.15) is 0 Å². The Morgan fingerprint density at radius 3 is 2.50 bits per heavy atom. The summed E-state index contributed by atoms with van der Waals surface area (Å²) in [6.45, 7) is 0. The number of pyridine rings is 1. The fourth-order valence-electron chi connectivity index (χ4n) is 2.83. The number of benzene rings is 2. The summed E-state index contributed by atoms with van der Waals surface area (Å²) in [4.78, 5) is 16.1. The molecule has 0 aliphatic rings. The molecule has 0 fully saturated rings. The molecule has 0 saturated heterocycles. The quantitative estimate of drug-likeness (QED) is 0.509. The first-order chi connectivity index (χ1) is 10.8. The van der Waals surface area contributed by atoms with E-state index < -0.39 is 5.24 Å². The summed E-state index contributed by atoms with van der Waals surface area (Å²) >= 11 is 5.74. The molecule has 3 nitrogen and oxygen atoms in total. The minimum absolute atomic E-state index is 0.451. The maximum absolute atomic E-state index is 11.7. The van der Waals surface area contributed by atoms with Gasteiger partial charge in [-0.05, 0) is 29.8 Å². The molecule has 0 radical (unpaired) electrons. The zero-order valence-corrected chi connectivity index (χ0v) is 12.3. The predicted molar refractivity (Wildman–Crippen MR) is 88.8 cm³/mol. The van der Waals surface area contributed by atoms with Gasteiger partial charge in [0.2, 0.25) is 0 Å². The van der Waals surface area contributed by atoms with E-state index in [1.54, 1.807) is 12.4 Å². The molecule has 106 valence electrons. The SMILES string of the molecule is O=C(Cl)c1cn(-c2ccnc3ccccc23)c2ccccc12. The minimum atomic E-state index is -0.451. The van der Waals surface area contributed by atoms with Crippen molar-refractivity contribution in [1.29, 1.82) is 0 Å². The highest BCUT2D eigenvalue weighted by Crippen LogP contribution is 2.29. The Labute approximate surface area is 131 Å². The summed E-state index contributed by atoms with van der Waals surface area (Å²) in [6, 6.07) is 17.6. The van der Waals surface area contributed by atoms with Crippen molar-refractivity contribution < 1.29 is 4.79 Å². The van der Waals surface area contributed by atoms with Crippen molar-refractivity contribution in [3.05, 3.63) is 72.6 Å². The van der Waals surface area contributed by atoms with Crippen LogP contribution in [0, 0.1) is 0 Å². The lowest BCUT2D eigenvalue weighted by Gasteiger charge is -2.08. The summed E-state index contributed by atoms with van der Waals surface area (Å²) in [7, 11) is 0. The van der Waals surface area contributed by atoms with Gasteiger partial charge in [0.25, 0.3) is 5.24 Å². The molecule has 0 aliphatic carbocycles. The maximum Gasteiger partial charge on any atom is 0.254 e. The van der Waals surface area contributed by atoms with Crippen LogP contribution < -0.4 is 0 Å². The number of halogens is 1. The molecule has 0 bridgehead atoms. The third-order valence-corrected chi connectivity index (χ3v) is 4.01. The van der Waals surface area contributed by atoms with Crippen LogP contribution in [0.4, 0.5) is 0 Å². The molecule has 4 rings (SSSR count). The topological polar surface area (TPSA) is 34.9 Å². The zero-order chi connectivity index (χ0) is 15.1. The van der Waals surface area contributed by atoms with Gasteiger partial charge in [-0.3, -0.25) is 9.78 Å². The number of para-hydroxylation sites is 2. The fraction of sp³-hybridized carbons (Fsp3) is 0. The molecular formula is C18H11ClN2O. The average molecular weight is 307 g/mol. The van der Waals surface area contributed by atoms with E-state index in [0.717, 1.165) is 27.5 Å². The van der Waals surface area contributed by atoms with Gasteiger partial charge in [0, 0.05) is 23.2 Å². The van der Waals surface area contributed by atoms with Crippen LogP contribution >= 0.6 is 11.6 Å². The van der Waals surface area contributed by atoms with E-state index in [0.29, 0.717) is 5.56 Å². The van der Waals surface area contributed by atoms with Gasteiger partial charge in [-0.25, -0.2) is 0 Å². The molecule has 4 aromatic rings. The van der Waals surface area contributed by atoms with E-state index in [9.17, 15) is 4.79 Å². The van der Waals surface area contributed by atoms with Gasteiger partial charge < -0.3 is 4.57 Å². The first-order valence-electron chi connectivity index (χ1n) is 6.90. The molecule has 0 spiro atoms. The smallest absolute Gasteiger partial charge is 0.254 e. The van der Waals surface area contributed by atoms with Crippen LogP contribution in [0.2, 0.25) is 0 Å². The summed E-state index contributed by atoms with van der Waals surface area (Å²) in [5.41, 5.74) is 3.35. The Morgan fingerprint density at radius 2 is 1.68 bits per heavy atom. The maximum atomic E-state index is 11.7. The standard InChI is InChI=1S/C18H11ClN2O/c19-18(22)14-11-21(16-8-4-2-5-12(14)16)17-9-10-20-15-7-3-1-6-13(15)17/h1-11H. The summed E-state index contributed by atoms with van der Waals surface area (Å²) < 4.78 is 2.00. The number of hydrogen-bond donors (Lipinski definition) is 0. The van der Waals surface area contributed by atoms with E-state index in [2.05, 4.69) is 4.98 Å². The first kappa shape index (κ1) is 13.0. The Morgan fingerprint density at radius 1 is 0.955 bits per heavy atom. The van der Waals surface area contributed by atoms with Crippen LogP contribution in [0.3, 0.4) is 0 Å². The van der Waals surface area contributed by atoms with Crippen molar-refractivity contribution in [2.75, 3.05) is 0 Å². The predicted octanol–water partition coefficient (Wildman–Crippen LogP) is 4.56. The van der Waals surface area contributed by atoms with Crippen molar-refractivity contribution in [2.45, 2.75) is 0 Å². The van der Waals surface area contributed by atoms with E-state index in [4.69, 9.17) is 11.6 Å². The van der Waals surface area contributed by atoms with Crippen molar-refractivity contribution in [3.63, 3.8) is 0 Å². The van der Waals surface area contributed by atoms with Crippen LogP contribution in [-0.2, 0) is 0 Å². The van der Waals surface area contributed by atoms with Crippen molar-refractivity contribution >= 4 is 38.6 Å². The fourth-order valence-corrected chi connectivity index (χ4v) is 2.98. The van der Waals surface area contributed by atoms with Gasteiger partial charge >= 0.3 is 0 Å². The molecule has 0 aliphatic heterocycles. The van der Waals surface area contributed by atoms with Gasteiger partial charge in [-0.1, -0.05) is 36.4 Å². The molecule has 0 unspecified atom stereocenters. The molecule has 2 aromatic heterocycles. The van der Waals surface area contributed by atoms with Crippen LogP contribution in [0.1, 0.15) is 10.4 Å². The van der Waals surface area contributed by atoms with E-state index in [1.165, 1.54) is 0 Å². The Balaban J connectivity index is 2.11. The third-order valence-electron chi connectivity index (χ3n) is 3.81. The average Bonchev–Trinajstić information content (AvgIpc) is 2.94. The number of carbonyl (C=O) groups is 1. The number of aromatic nitrogens is 2. The number of carbonyl (C=O) groups excluding carboxylic acids is 1. The highest BCUT2D eigenvalue weighted by Gasteiger charge is 2.15. The Kier molecular flexibility index (Phi) is 2.94. The molecule has 0 N–H and O–H groups in total. The number of hydrogen-bond acceptors (Lipinski definition) is 2. The van der Waals surface area contributed by atoms with E-state index in [1.807, 2.05) is 59.2 Å². The Hall–Kier alpha value is -2.65. The highest BCUT2D eigenvalue weighted by molar-refractivity contribution is 6.68. The second kappa shape index (κ2) is 4.97. The monoisotopic (exact) mass is 306 g/mol. The molecule has 22 heavy (non-hydrogen) atoms. The summed E-state index contributed by atoms with van der Waals surface area (Å²) in [5.74, 6) is 0. The summed E-state index contributed by atoms with van der Waals surface area (Å²) in [5, 5.41) is 1.43. The van der Waals surface area contributed by atoms with Gasteiger partial charge in [-0.2, -0.15) is 0 Å². The first-order valence-corrected chi connectivity index (χ1v) is 7.27. The molecular weight excluding hydrogens is 296 g/mol. The van der Waals surface area contributed by atoms with Crippen molar-refractivity contribution in [1.82, 2.24) is 9.55 Å². The lowest BCUT2D eigenvalue weighted by molar-refractivity contribution is 0.108. The minimum Gasteiger partial charge on any atom is -0.315 e. The van der Waals surface area contributed by atoms with E-state index >= 15 is 0 Å². The van der Waals surface area contributed by atoms with Crippen LogP contribution in [0.25, 0.3) is 27.5 Å². The molecule has 2 heterocycles. The molecule has 0 saturated carbocycles. The number of rotatable bonds is 2. The van der Waals surface area contributed by atoms with Gasteiger partial charge in [-0.15, -0.1) is 0 Å². The molecule has 0 amide bonds. The third kappa shape index (κ3) is 1.90. The second-order valence-corrected chi connectivity index (χ2v) is 5.39.